The van der Waals surface area contributed by atoms with E-state index in [4.69, 9.17) is 23.8 Å². The van der Waals surface area contributed by atoms with Crippen molar-refractivity contribution in [1.29, 1.82) is 0 Å². The Bertz CT molecular complexity index is 832. The van der Waals surface area contributed by atoms with Crippen molar-refractivity contribution in [2.45, 2.75) is 44.9 Å². The highest BCUT2D eigenvalue weighted by Gasteiger charge is 2.51. The SMILES string of the molecule is CN1CCN(c2ccc(NC(=S)NC(=O)CC34CC5CC(CC(C5)C3)C4)cc2Cl)CC1. The molecule has 0 radical (unpaired) electrons. The first-order chi connectivity index (χ1) is 14.9. The minimum Gasteiger partial charge on any atom is -0.368 e. The molecule has 1 saturated heterocycles. The molecule has 4 bridgehead atoms. The van der Waals surface area contributed by atoms with E-state index in [2.05, 4.69) is 27.5 Å². The van der Waals surface area contributed by atoms with Gasteiger partial charge in [0.1, 0.15) is 0 Å². The molecule has 5 nitrogen and oxygen atoms in total. The molecule has 0 spiro atoms. The Balaban J connectivity index is 1.15. The van der Waals surface area contributed by atoms with E-state index in [0.29, 0.717) is 16.6 Å². The number of benzene rings is 1. The number of hydrogen-bond donors (Lipinski definition) is 2. The fourth-order valence-corrected chi connectivity index (χ4v) is 7.60. The number of nitrogens with zero attached hydrogens (tertiary/aromatic N) is 2. The van der Waals surface area contributed by atoms with E-state index in [9.17, 15) is 4.79 Å². The molecule has 0 atom stereocenters. The predicted octanol–water partition coefficient (Wildman–Crippen LogP) is 4.51. The van der Waals surface area contributed by atoms with Crippen LogP contribution in [0, 0.1) is 23.2 Å². The van der Waals surface area contributed by atoms with Crippen molar-refractivity contribution in [1.82, 2.24) is 10.2 Å². The maximum absolute atomic E-state index is 12.8. The zero-order valence-corrected chi connectivity index (χ0v) is 19.9. The van der Waals surface area contributed by atoms with Gasteiger partial charge < -0.3 is 20.4 Å². The molecule has 5 fully saturated rings. The Morgan fingerprint density at radius 3 is 2.29 bits per heavy atom. The molecule has 1 aliphatic heterocycles. The maximum Gasteiger partial charge on any atom is 0.226 e. The number of thiocarbonyl (C=S) groups is 1. The summed E-state index contributed by atoms with van der Waals surface area (Å²) >= 11 is 12.0. The Labute approximate surface area is 195 Å². The van der Waals surface area contributed by atoms with Crippen LogP contribution in [0.15, 0.2) is 18.2 Å². The lowest BCUT2D eigenvalue weighted by Gasteiger charge is -2.56. The number of nitrogens with one attached hydrogen (secondary N) is 2. The fraction of sp³-hybridized carbons (Fsp3) is 0.667. The van der Waals surface area contributed by atoms with Crippen LogP contribution in [-0.2, 0) is 4.79 Å². The molecule has 4 saturated carbocycles. The van der Waals surface area contributed by atoms with E-state index in [-0.39, 0.29) is 11.3 Å². The third kappa shape index (κ3) is 4.71. The molecule has 0 aromatic heterocycles. The summed E-state index contributed by atoms with van der Waals surface area (Å²) in [5, 5.41) is 7.14. The zero-order chi connectivity index (χ0) is 21.6. The number of amides is 1. The van der Waals surface area contributed by atoms with E-state index in [0.717, 1.165) is 55.3 Å². The number of carbonyl (C=O) groups excluding carboxylic acids is 1. The first-order valence-electron chi connectivity index (χ1n) is 11.7. The van der Waals surface area contributed by atoms with Crippen molar-refractivity contribution in [2.24, 2.45) is 23.2 Å². The summed E-state index contributed by atoms with van der Waals surface area (Å²) in [5.74, 6) is 2.61. The van der Waals surface area contributed by atoms with E-state index in [1.54, 1.807) is 0 Å². The monoisotopic (exact) mass is 460 g/mol. The topological polar surface area (TPSA) is 47.6 Å². The molecule has 31 heavy (non-hydrogen) atoms. The van der Waals surface area contributed by atoms with Crippen LogP contribution in [0.25, 0.3) is 0 Å². The van der Waals surface area contributed by atoms with Gasteiger partial charge in [-0.05, 0) is 99.2 Å². The lowest BCUT2D eigenvalue weighted by molar-refractivity contribution is -0.127. The molecule has 6 rings (SSSR count). The highest BCUT2D eigenvalue weighted by atomic mass is 35.5. The van der Waals surface area contributed by atoms with Gasteiger partial charge in [0.15, 0.2) is 5.11 Å². The molecule has 1 aromatic carbocycles. The van der Waals surface area contributed by atoms with Crippen molar-refractivity contribution >= 4 is 46.2 Å². The Hall–Kier alpha value is -1.37. The van der Waals surface area contributed by atoms with Crippen molar-refractivity contribution in [3.05, 3.63) is 23.2 Å². The second kappa shape index (κ2) is 8.53. The molecule has 1 amide bonds. The van der Waals surface area contributed by atoms with Crippen molar-refractivity contribution in [3.8, 4) is 0 Å². The maximum atomic E-state index is 12.8. The van der Waals surface area contributed by atoms with Gasteiger partial charge in [-0.1, -0.05) is 11.6 Å². The van der Waals surface area contributed by atoms with Gasteiger partial charge in [0.2, 0.25) is 5.91 Å². The van der Waals surface area contributed by atoms with Crippen molar-refractivity contribution in [3.63, 3.8) is 0 Å². The van der Waals surface area contributed by atoms with Crippen LogP contribution in [0.5, 0.6) is 0 Å². The predicted molar refractivity (Wildman–Crippen MR) is 131 cm³/mol. The summed E-state index contributed by atoms with van der Waals surface area (Å²) in [4.78, 5) is 17.4. The highest BCUT2D eigenvalue weighted by Crippen LogP contribution is 2.61. The standard InChI is InChI=1S/C24H33ClN4OS/c1-28-4-6-29(7-5-28)21-3-2-19(11-20(21)25)26-23(31)27-22(30)15-24-12-16-8-17(13-24)10-18(9-16)14-24/h2-3,11,16-18H,4-10,12-15H2,1H3,(H2,26,27,30,31). The highest BCUT2D eigenvalue weighted by molar-refractivity contribution is 7.80. The molecular formula is C24H33ClN4OS. The molecule has 1 heterocycles. The van der Waals surface area contributed by atoms with Crippen molar-refractivity contribution < 1.29 is 4.79 Å². The van der Waals surface area contributed by atoms with Gasteiger partial charge >= 0.3 is 0 Å². The van der Waals surface area contributed by atoms with Gasteiger partial charge in [-0.15, -0.1) is 0 Å². The van der Waals surface area contributed by atoms with E-state index >= 15 is 0 Å². The number of piperazine rings is 1. The van der Waals surface area contributed by atoms with Crippen LogP contribution in [-0.4, -0.2) is 49.1 Å². The third-order valence-electron chi connectivity index (χ3n) is 8.00. The molecule has 5 aliphatic rings. The van der Waals surface area contributed by atoms with E-state index in [1.807, 2.05) is 18.2 Å². The number of carbonyl (C=O) groups is 1. The average Bonchev–Trinajstić information content (AvgIpc) is 2.67. The Morgan fingerprint density at radius 1 is 1.10 bits per heavy atom. The van der Waals surface area contributed by atoms with Gasteiger partial charge in [-0.25, -0.2) is 0 Å². The first-order valence-corrected chi connectivity index (χ1v) is 12.5. The van der Waals surface area contributed by atoms with E-state index in [1.165, 1.54) is 38.5 Å². The summed E-state index contributed by atoms with van der Waals surface area (Å²) in [6.07, 6.45) is 8.49. The largest absolute Gasteiger partial charge is 0.368 e. The summed E-state index contributed by atoms with van der Waals surface area (Å²) in [6.45, 7) is 4.02. The Kier molecular flexibility index (Phi) is 5.91. The summed E-state index contributed by atoms with van der Waals surface area (Å²) < 4.78 is 0. The number of hydrogen-bond acceptors (Lipinski definition) is 4. The van der Waals surface area contributed by atoms with Crippen LogP contribution < -0.4 is 15.5 Å². The molecule has 2 N–H and O–H groups in total. The molecule has 4 aliphatic carbocycles. The minimum absolute atomic E-state index is 0.0552. The summed E-state index contributed by atoms with van der Waals surface area (Å²) in [7, 11) is 2.14. The molecule has 168 valence electrons. The third-order valence-corrected chi connectivity index (χ3v) is 8.51. The number of halogens is 1. The van der Waals surface area contributed by atoms with Crippen LogP contribution in [0.1, 0.15) is 44.9 Å². The van der Waals surface area contributed by atoms with Gasteiger partial charge in [-0.3, -0.25) is 4.79 Å². The van der Waals surface area contributed by atoms with Gasteiger partial charge in [0.25, 0.3) is 0 Å². The normalized spacial score (nSPS) is 32.2. The summed E-state index contributed by atoms with van der Waals surface area (Å²) in [6, 6.07) is 5.92. The number of anilines is 2. The van der Waals surface area contributed by atoms with Crippen LogP contribution in [0.2, 0.25) is 5.02 Å². The van der Waals surface area contributed by atoms with Crippen LogP contribution >= 0.6 is 23.8 Å². The van der Waals surface area contributed by atoms with Gasteiger partial charge in [0.05, 0.1) is 10.7 Å². The van der Waals surface area contributed by atoms with E-state index < -0.39 is 0 Å². The molecule has 1 aromatic rings. The zero-order valence-electron chi connectivity index (χ0n) is 18.3. The van der Waals surface area contributed by atoms with Gasteiger partial charge in [0, 0.05) is 38.3 Å². The summed E-state index contributed by atoms with van der Waals surface area (Å²) in [5.41, 5.74) is 2.09. The molecule has 7 heteroatoms. The average molecular weight is 461 g/mol. The van der Waals surface area contributed by atoms with Crippen molar-refractivity contribution in [2.75, 3.05) is 43.4 Å². The Morgan fingerprint density at radius 2 is 1.71 bits per heavy atom. The number of rotatable bonds is 4. The smallest absolute Gasteiger partial charge is 0.226 e. The number of likely N-dealkylation sites (N-methyl/N-ethyl adjacent to an activating group) is 1. The van der Waals surface area contributed by atoms with Crippen LogP contribution in [0.4, 0.5) is 11.4 Å². The molecule has 0 unspecified atom stereocenters. The minimum atomic E-state index is 0.0552. The lowest BCUT2D eigenvalue weighted by Crippen LogP contribution is -2.48. The van der Waals surface area contributed by atoms with Crippen LogP contribution in [0.3, 0.4) is 0 Å². The second-order valence-electron chi connectivity index (χ2n) is 10.6. The first kappa shape index (κ1) is 21.5. The fourth-order valence-electron chi connectivity index (χ4n) is 7.07. The quantitative estimate of drug-likeness (QED) is 0.647. The second-order valence-corrected chi connectivity index (χ2v) is 11.4. The van der Waals surface area contributed by atoms with Gasteiger partial charge in [-0.2, -0.15) is 0 Å². The molecular weight excluding hydrogens is 428 g/mol. The lowest BCUT2D eigenvalue weighted by atomic mass is 9.49.